The molecule has 1 atom stereocenters. The third-order valence-corrected chi connectivity index (χ3v) is 2.62. The molecule has 1 heterocycles. The van der Waals surface area contributed by atoms with Gasteiger partial charge >= 0.3 is 0 Å². The van der Waals surface area contributed by atoms with Crippen LogP contribution in [0.15, 0.2) is 6.20 Å². The first-order valence-electron chi connectivity index (χ1n) is 4.27. The maximum absolute atomic E-state index is 5.86. The Hall–Kier alpha value is -0.220. The standard InChI is InChI=1S/C8H14ClN3S/c1-7(9)8-6-12(11-10-8)4-3-5-13-2/h6-7H,3-5H2,1-2H3. The lowest BCUT2D eigenvalue weighted by atomic mass is 10.4. The van der Waals surface area contributed by atoms with Gasteiger partial charge in [0, 0.05) is 12.7 Å². The molecule has 1 aromatic heterocycles. The quantitative estimate of drug-likeness (QED) is 0.563. The maximum atomic E-state index is 5.86. The molecular formula is C8H14ClN3S. The lowest BCUT2D eigenvalue weighted by Gasteiger charge is -1.97. The van der Waals surface area contributed by atoms with Crippen molar-refractivity contribution in [3.05, 3.63) is 11.9 Å². The van der Waals surface area contributed by atoms with Gasteiger partial charge in [-0.2, -0.15) is 11.8 Å². The largest absolute Gasteiger partial charge is 0.252 e. The van der Waals surface area contributed by atoms with Crippen LogP contribution in [0.3, 0.4) is 0 Å². The van der Waals surface area contributed by atoms with Crippen molar-refractivity contribution in [2.75, 3.05) is 12.0 Å². The van der Waals surface area contributed by atoms with Crippen LogP contribution in [0.2, 0.25) is 0 Å². The number of hydrogen-bond donors (Lipinski definition) is 0. The number of aryl methyl sites for hydroxylation is 1. The van der Waals surface area contributed by atoms with E-state index >= 15 is 0 Å². The lowest BCUT2D eigenvalue weighted by Crippen LogP contribution is -1.99. The predicted octanol–water partition coefficient (Wildman–Crippen LogP) is 2.33. The monoisotopic (exact) mass is 219 g/mol. The number of aromatic nitrogens is 3. The van der Waals surface area contributed by atoms with Crippen LogP contribution in [-0.2, 0) is 6.54 Å². The van der Waals surface area contributed by atoms with E-state index in [1.807, 2.05) is 29.6 Å². The van der Waals surface area contributed by atoms with E-state index < -0.39 is 0 Å². The Balaban J connectivity index is 2.40. The molecule has 0 amide bonds. The fraction of sp³-hybridized carbons (Fsp3) is 0.750. The van der Waals surface area contributed by atoms with Crippen LogP contribution in [0.1, 0.15) is 24.4 Å². The summed E-state index contributed by atoms with van der Waals surface area (Å²) < 4.78 is 1.85. The summed E-state index contributed by atoms with van der Waals surface area (Å²) in [6.45, 7) is 2.83. The summed E-state index contributed by atoms with van der Waals surface area (Å²) in [6.07, 6.45) is 5.15. The molecule has 0 bridgehead atoms. The van der Waals surface area contributed by atoms with E-state index in [4.69, 9.17) is 11.6 Å². The Kier molecular flexibility index (Phi) is 4.59. The van der Waals surface area contributed by atoms with E-state index in [1.54, 1.807) is 0 Å². The highest BCUT2D eigenvalue weighted by molar-refractivity contribution is 7.98. The molecule has 0 saturated heterocycles. The fourth-order valence-electron chi connectivity index (χ4n) is 0.976. The second-order valence-corrected chi connectivity index (χ2v) is 4.51. The third-order valence-electron chi connectivity index (χ3n) is 1.70. The normalized spacial score (nSPS) is 13.2. The molecule has 0 aromatic carbocycles. The van der Waals surface area contributed by atoms with Crippen LogP contribution in [0, 0.1) is 0 Å². The molecule has 0 saturated carbocycles. The average Bonchev–Trinajstić information content (AvgIpc) is 2.53. The molecule has 5 heteroatoms. The zero-order valence-electron chi connectivity index (χ0n) is 7.90. The Morgan fingerprint density at radius 3 is 3.00 bits per heavy atom. The zero-order valence-corrected chi connectivity index (χ0v) is 9.48. The summed E-state index contributed by atoms with van der Waals surface area (Å²) in [5.41, 5.74) is 0.853. The van der Waals surface area contributed by atoms with Gasteiger partial charge in [0.05, 0.1) is 5.38 Å². The number of hydrogen-bond acceptors (Lipinski definition) is 3. The molecule has 0 N–H and O–H groups in total. The fourth-order valence-corrected chi connectivity index (χ4v) is 1.49. The first-order valence-corrected chi connectivity index (χ1v) is 6.10. The van der Waals surface area contributed by atoms with E-state index in [0.29, 0.717) is 0 Å². The Bertz CT molecular complexity index is 249. The molecule has 0 aliphatic rings. The number of nitrogens with zero attached hydrogens (tertiary/aromatic N) is 3. The molecule has 1 unspecified atom stereocenters. The van der Waals surface area contributed by atoms with Crippen LogP contribution in [0.4, 0.5) is 0 Å². The van der Waals surface area contributed by atoms with Crippen LogP contribution >= 0.6 is 23.4 Å². The topological polar surface area (TPSA) is 30.7 Å². The van der Waals surface area contributed by atoms with Crippen molar-refractivity contribution in [3.63, 3.8) is 0 Å². The Morgan fingerprint density at radius 1 is 1.69 bits per heavy atom. The van der Waals surface area contributed by atoms with Crippen molar-refractivity contribution in [2.45, 2.75) is 25.3 Å². The minimum atomic E-state index is -0.0469. The molecule has 13 heavy (non-hydrogen) atoms. The summed E-state index contributed by atoms with van der Waals surface area (Å²) in [6, 6.07) is 0. The highest BCUT2D eigenvalue weighted by atomic mass is 35.5. The Labute approximate surface area is 87.8 Å². The second-order valence-electron chi connectivity index (χ2n) is 2.87. The molecular weight excluding hydrogens is 206 g/mol. The van der Waals surface area contributed by atoms with Crippen LogP contribution in [0.25, 0.3) is 0 Å². The van der Waals surface area contributed by atoms with Crippen molar-refractivity contribution in [1.29, 1.82) is 0 Å². The first kappa shape index (κ1) is 10.9. The molecule has 0 aliphatic carbocycles. The lowest BCUT2D eigenvalue weighted by molar-refractivity contribution is 0.582. The molecule has 1 rings (SSSR count). The third kappa shape index (κ3) is 3.56. The molecule has 0 aliphatic heterocycles. The van der Waals surface area contributed by atoms with E-state index in [9.17, 15) is 0 Å². The van der Waals surface area contributed by atoms with E-state index in [1.165, 1.54) is 0 Å². The van der Waals surface area contributed by atoms with Crippen molar-refractivity contribution in [2.24, 2.45) is 0 Å². The molecule has 0 fully saturated rings. The zero-order chi connectivity index (χ0) is 9.68. The average molecular weight is 220 g/mol. The highest BCUT2D eigenvalue weighted by Gasteiger charge is 2.05. The van der Waals surface area contributed by atoms with Crippen LogP contribution in [0.5, 0.6) is 0 Å². The van der Waals surface area contributed by atoms with Gasteiger partial charge in [0.1, 0.15) is 5.69 Å². The molecule has 74 valence electrons. The molecule has 3 nitrogen and oxygen atoms in total. The van der Waals surface area contributed by atoms with Gasteiger partial charge in [-0.1, -0.05) is 5.21 Å². The minimum Gasteiger partial charge on any atom is -0.252 e. The number of halogens is 1. The molecule has 1 aromatic rings. The van der Waals surface area contributed by atoms with Gasteiger partial charge in [-0.3, -0.25) is 4.68 Å². The number of rotatable bonds is 5. The Morgan fingerprint density at radius 2 is 2.46 bits per heavy atom. The summed E-state index contributed by atoms with van der Waals surface area (Å²) in [7, 11) is 0. The SMILES string of the molecule is CSCCCn1cc(C(C)Cl)nn1. The van der Waals surface area contributed by atoms with Crippen molar-refractivity contribution in [3.8, 4) is 0 Å². The van der Waals surface area contributed by atoms with E-state index in [-0.39, 0.29) is 5.38 Å². The van der Waals surface area contributed by atoms with Gasteiger partial charge in [0.15, 0.2) is 0 Å². The summed E-state index contributed by atoms with van der Waals surface area (Å²) in [5, 5.41) is 7.90. The smallest absolute Gasteiger partial charge is 0.100 e. The highest BCUT2D eigenvalue weighted by Crippen LogP contribution is 2.15. The van der Waals surface area contributed by atoms with Gasteiger partial charge in [-0.15, -0.1) is 16.7 Å². The van der Waals surface area contributed by atoms with Gasteiger partial charge in [0.2, 0.25) is 0 Å². The predicted molar refractivity (Wildman–Crippen MR) is 57.3 cm³/mol. The van der Waals surface area contributed by atoms with Gasteiger partial charge in [0.25, 0.3) is 0 Å². The number of alkyl halides is 1. The van der Waals surface area contributed by atoms with E-state index in [0.717, 1.165) is 24.4 Å². The first-order chi connectivity index (χ1) is 6.24. The van der Waals surface area contributed by atoms with Gasteiger partial charge in [-0.25, -0.2) is 0 Å². The number of thioether (sulfide) groups is 1. The summed E-state index contributed by atoms with van der Waals surface area (Å²) >= 11 is 7.70. The van der Waals surface area contributed by atoms with Gasteiger partial charge < -0.3 is 0 Å². The van der Waals surface area contributed by atoms with Gasteiger partial charge in [-0.05, 0) is 25.4 Å². The summed E-state index contributed by atoms with van der Waals surface area (Å²) in [5.74, 6) is 1.16. The van der Waals surface area contributed by atoms with Crippen LogP contribution < -0.4 is 0 Å². The molecule has 0 spiro atoms. The maximum Gasteiger partial charge on any atom is 0.100 e. The minimum absolute atomic E-state index is 0.0469. The van der Waals surface area contributed by atoms with Crippen molar-refractivity contribution >= 4 is 23.4 Å². The van der Waals surface area contributed by atoms with Crippen molar-refractivity contribution < 1.29 is 0 Å². The van der Waals surface area contributed by atoms with E-state index in [2.05, 4.69) is 16.6 Å². The molecule has 0 radical (unpaired) electrons. The summed E-state index contributed by atoms with van der Waals surface area (Å²) in [4.78, 5) is 0. The van der Waals surface area contributed by atoms with Crippen molar-refractivity contribution in [1.82, 2.24) is 15.0 Å². The van der Waals surface area contributed by atoms with Crippen LogP contribution in [-0.4, -0.2) is 27.0 Å². The second kappa shape index (κ2) is 5.50.